The lowest BCUT2D eigenvalue weighted by Crippen LogP contribution is -2.30. The van der Waals surface area contributed by atoms with Crippen LogP contribution >= 0.6 is 0 Å². The van der Waals surface area contributed by atoms with Crippen molar-refractivity contribution in [1.82, 2.24) is 24.9 Å². The summed E-state index contributed by atoms with van der Waals surface area (Å²) in [4.78, 5) is 19.6. The summed E-state index contributed by atoms with van der Waals surface area (Å²) in [5.74, 6) is 1.24. The van der Waals surface area contributed by atoms with Crippen LogP contribution in [0.2, 0.25) is 0 Å². The van der Waals surface area contributed by atoms with E-state index < -0.39 is 0 Å². The first-order valence-corrected chi connectivity index (χ1v) is 11.1. The Labute approximate surface area is 185 Å². The quantitative estimate of drug-likeness (QED) is 0.503. The van der Waals surface area contributed by atoms with Gasteiger partial charge in [-0.1, -0.05) is 24.3 Å². The number of carbonyl (C=O) groups is 1. The van der Waals surface area contributed by atoms with Crippen molar-refractivity contribution < 1.29 is 9.18 Å². The summed E-state index contributed by atoms with van der Waals surface area (Å²) >= 11 is 0. The second kappa shape index (κ2) is 8.90. The zero-order chi connectivity index (χ0) is 21.9. The highest BCUT2D eigenvalue weighted by atomic mass is 19.1. The summed E-state index contributed by atoms with van der Waals surface area (Å²) in [5, 5.41) is 11.8. The maximum Gasteiger partial charge on any atom is 0.220 e. The van der Waals surface area contributed by atoms with Crippen LogP contribution in [-0.4, -0.2) is 38.6 Å². The second-order valence-corrected chi connectivity index (χ2v) is 8.15. The Hall–Kier alpha value is -3.55. The van der Waals surface area contributed by atoms with Gasteiger partial charge in [-0.2, -0.15) is 0 Å². The highest BCUT2D eigenvalue weighted by Gasteiger charge is 2.21. The fourth-order valence-electron chi connectivity index (χ4n) is 4.22. The molecule has 0 saturated carbocycles. The Balaban J connectivity index is 1.37. The number of piperidine rings is 1. The molecule has 1 aliphatic heterocycles. The summed E-state index contributed by atoms with van der Waals surface area (Å²) in [6.45, 7) is 2.30. The smallest absolute Gasteiger partial charge is 0.220 e. The highest BCUT2D eigenvalue weighted by molar-refractivity contribution is 5.83. The van der Waals surface area contributed by atoms with E-state index in [-0.39, 0.29) is 18.1 Å². The van der Waals surface area contributed by atoms with Crippen LogP contribution < -0.4 is 10.2 Å². The Bertz CT molecular complexity index is 1250. The van der Waals surface area contributed by atoms with Gasteiger partial charge >= 0.3 is 0 Å². The molecule has 0 unspecified atom stereocenters. The number of carbonyl (C=O) groups excluding carboxylic acids is 1. The Morgan fingerprint density at radius 2 is 1.78 bits per heavy atom. The van der Waals surface area contributed by atoms with E-state index in [2.05, 4.69) is 20.4 Å². The first-order valence-electron chi connectivity index (χ1n) is 11.1. The molecule has 0 bridgehead atoms. The molecular formula is C24H25FN6O. The van der Waals surface area contributed by atoms with Crippen LogP contribution in [0, 0.1) is 5.82 Å². The summed E-state index contributed by atoms with van der Waals surface area (Å²) in [6.07, 6.45) is 4.29. The van der Waals surface area contributed by atoms with Gasteiger partial charge in [-0.25, -0.2) is 9.37 Å². The van der Waals surface area contributed by atoms with Gasteiger partial charge in [-0.3, -0.25) is 9.20 Å². The predicted molar refractivity (Wildman–Crippen MR) is 121 cm³/mol. The summed E-state index contributed by atoms with van der Waals surface area (Å²) in [7, 11) is 0. The lowest BCUT2D eigenvalue weighted by atomic mass is 10.1. The number of rotatable bonds is 6. The van der Waals surface area contributed by atoms with Crippen LogP contribution in [0.4, 0.5) is 10.2 Å². The van der Waals surface area contributed by atoms with Gasteiger partial charge in [-0.15, -0.1) is 10.2 Å². The number of halogens is 1. The average Bonchev–Trinajstić information content (AvgIpc) is 3.27. The minimum Gasteiger partial charge on any atom is -0.353 e. The molecule has 8 heteroatoms. The van der Waals surface area contributed by atoms with Crippen LogP contribution in [0.3, 0.4) is 0 Å². The van der Waals surface area contributed by atoms with Gasteiger partial charge in [0.1, 0.15) is 11.6 Å². The maximum atomic E-state index is 13.0. The van der Waals surface area contributed by atoms with Gasteiger partial charge in [0, 0.05) is 32.5 Å². The molecule has 2 aromatic heterocycles. The number of para-hydroxylation sites is 2. The van der Waals surface area contributed by atoms with E-state index in [1.807, 2.05) is 28.7 Å². The van der Waals surface area contributed by atoms with E-state index in [4.69, 9.17) is 4.98 Å². The SMILES string of the molecule is O=C(CCc1nnc2c(N3CCCCC3)nc3ccccc3n12)NCc1ccc(F)cc1. The third-order valence-corrected chi connectivity index (χ3v) is 5.91. The number of amides is 1. The van der Waals surface area contributed by atoms with Crippen molar-refractivity contribution in [2.45, 2.75) is 38.6 Å². The number of aromatic nitrogens is 4. The largest absolute Gasteiger partial charge is 0.353 e. The molecule has 3 heterocycles. The fourth-order valence-corrected chi connectivity index (χ4v) is 4.22. The zero-order valence-electron chi connectivity index (χ0n) is 17.8. The molecule has 5 rings (SSSR count). The molecule has 0 aliphatic carbocycles. The molecule has 32 heavy (non-hydrogen) atoms. The third-order valence-electron chi connectivity index (χ3n) is 5.91. The molecule has 0 atom stereocenters. The number of anilines is 1. The van der Waals surface area contributed by atoms with E-state index >= 15 is 0 Å². The highest BCUT2D eigenvalue weighted by Crippen LogP contribution is 2.27. The normalized spacial score (nSPS) is 14.2. The molecule has 1 aliphatic rings. The van der Waals surface area contributed by atoms with Crippen molar-refractivity contribution in [1.29, 1.82) is 0 Å². The van der Waals surface area contributed by atoms with E-state index in [1.165, 1.54) is 18.6 Å². The number of fused-ring (bicyclic) bond motifs is 3. The molecular weight excluding hydrogens is 407 g/mol. The second-order valence-electron chi connectivity index (χ2n) is 8.15. The van der Waals surface area contributed by atoms with Gasteiger partial charge in [0.25, 0.3) is 0 Å². The number of hydrogen-bond acceptors (Lipinski definition) is 5. The summed E-state index contributed by atoms with van der Waals surface area (Å²) in [6, 6.07) is 14.1. The van der Waals surface area contributed by atoms with Gasteiger partial charge in [0.2, 0.25) is 11.6 Å². The third kappa shape index (κ3) is 4.12. The zero-order valence-corrected chi connectivity index (χ0v) is 17.8. The van der Waals surface area contributed by atoms with Crippen LogP contribution in [0.5, 0.6) is 0 Å². The average molecular weight is 433 g/mol. The first-order chi connectivity index (χ1) is 15.7. The molecule has 1 saturated heterocycles. The Morgan fingerprint density at radius 3 is 2.59 bits per heavy atom. The van der Waals surface area contributed by atoms with Gasteiger partial charge in [0.15, 0.2) is 5.82 Å². The fraction of sp³-hybridized carbons (Fsp3) is 0.333. The molecule has 2 aromatic carbocycles. The molecule has 1 fully saturated rings. The van der Waals surface area contributed by atoms with Crippen molar-refractivity contribution >= 4 is 28.4 Å². The molecule has 1 amide bonds. The Morgan fingerprint density at radius 1 is 1.00 bits per heavy atom. The summed E-state index contributed by atoms with van der Waals surface area (Å²) < 4.78 is 15.1. The van der Waals surface area contributed by atoms with E-state index in [9.17, 15) is 9.18 Å². The number of nitrogens with zero attached hydrogens (tertiary/aromatic N) is 5. The van der Waals surface area contributed by atoms with E-state index in [1.54, 1.807) is 12.1 Å². The number of benzene rings is 2. The topological polar surface area (TPSA) is 75.4 Å². The number of aryl methyl sites for hydroxylation is 1. The van der Waals surface area contributed by atoms with E-state index in [0.29, 0.717) is 13.0 Å². The molecule has 1 N–H and O–H groups in total. The molecule has 4 aromatic rings. The summed E-state index contributed by atoms with van der Waals surface area (Å²) in [5.41, 5.74) is 3.43. The van der Waals surface area contributed by atoms with E-state index in [0.717, 1.165) is 59.8 Å². The predicted octanol–water partition coefficient (Wildman–Crippen LogP) is 3.66. The lowest BCUT2D eigenvalue weighted by molar-refractivity contribution is -0.121. The van der Waals surface area contributed by atoms with Crippen molar-refractivity contribution in [2.75, 3.05) is 18.0 Å². The molecule has 0 spiro atoms. The number of hydrogen-bond donors (Lipinski definition) is 1. The molecule has 0 radical (unpaired) electrons. The van der Waals surface area contributed by atoms with Gasteiger partial charge in [0.05, 0.1) is 11.0 Å². The van der Waals surface area contributed by atoms with Crippen molar-refractivity contribution in [2.24, 2.45) is 0 Å². The minimum atomic E-state index is -0.288. The maximum absolute atomic E-state index is 13.0. The van der Waals surface area contributed by atoms with Crippen LogP contribution in [0.15, 0.2) is 48.5 Å². The van der Waals surface area contributed by atoms with Crippen molar-refractivity contribution in [3.63, 3.8) is 0 Å². The standard InChI is InChI=1S/C24H25FN6O/c25-18-10-8-17(9-11-18)16-26-22(32)13-12-21-28-29-24-23(30-14-4-1-5-15-30)27-19-6-2-3-7-20(19)31(21)24/h2-3,6-11H,1,4-5,12-16H2,(H,26,32). The van der Waals surface area contributed by atoms with Gasteiger partial charge < -0.3 is 10.2 Å². The lowest BCUT2D eigenvalue weighted by Gasteiger charge is -2.28. The van der Waals surface area contributed by atoms with Crippen LogP contribution in [-0.2, 0) is 17.8 Å². The Kier molecular flexibility index (Phi) is 5.66. The van der Waals surface area contributed by atoms with Crippen LogP contribution in [0.1, 0.15) is 37.1 Å². The van der Waals surface area contributed by atoms with Crippen molar-refractivity contribution in [3.8, 4) is 0 Å². The van der Waals surface area contributed by atoms with Gasteiger partial charge in [-0.05, 0) is 49.1 Å². The molecule has 164 valence electrons. The number of nitrogens with one attached hydrogen (secondary N) is 1. The monoisotopic (exact) mass is 432 g/mol. The van der Waals surface area contributed by atoms with Crippen molar-refractivity contribution in [3.05, 3.63) is 65.7 Å². The first kappa shape index (κ1) is 20.4. The molecule has 7 nitrogen and oxygen atoms in total. The van der Waals surface area contributed by atoms with Crippen LogP contribution in [0.25, 0.3) is 16.7 Å². The minimum absolute atomic E-state index is 0.0827.